The highest BCUT2D eigenvalue weighted by Gasteiger charge is 2.13. The number of nitrogens with one attached hydrogen (secondary N) is 3. The summed E-state index contributed by atoms with van der Waals surface area (Å²) in [6.45, 7) is 3.65. The van der Waals surface area contributed by atoms with Crippen LogP contribution >= 0.6 is 0 Å². The van der Waals surface area contributed by atoms with E-state index in [9.17, 15) is 14.4 Å². The molecule has 4 rings (SSSR count). The zero-order chi connectivity index (χ0) is 27.1. The fourth-order valence-corrected chi connectivity index (χ4v) is 3.80. The Balaban J connectivity index is 1.40. The van der Waals surface area contributed by atoms with Crippen molar-refractivity contribution in [1.29, 1.82) is 0 Å². The van der Waals surface area contributed by atoms with Gasteiger partial charge in [-0.1, -0.05) is 35.9 Å². The van der Waals surface area contributed by atoms with Crippen LogP contribution in [0.5, 0.6) is 0 Å². The van der Waals surface area contributed by atoms with Crippen molar-refractivity contribution >= 4 is 34.8 Å². The molecule has 1 heterocycles. The van der Waals surface area contributed by atoms with E-state index in [1.807, 2.05) is 44.2 Å². The lowest BCUT2D eigenvalue weighted by atomic mass is 10.1. The molecule has 38 heavy (non-hydrogen) atoms. The van der Waals surface area contributed by atoms with Gasteiger partial charge in [0.25, 0.3) is 11.8 Å². The fraction of sp³-hybridized carbons (Fsp3) is 0.138. The van der Waals surface area contributed by atoms with Gasteiger partial charge in [-0.25, -0.2) is 9.97 Å². The minimum atomic E-state index is -0.339. The third-order valence-corrected chi connectivity index (χ3v) is 5.74. The van der Waals surface area contributed by atoms with Crippen molar-refractivity contribution in [3.05, 3.63) is 113 Å². The third kappa shape index (κ3) is 6.86. The third-order valence-electron chi connectivity index (χ3n) is 5.74. The smallest absolute Gasteiger partial charge is 0.256 e. The van der Waals surface area contributed by atoms with E-state index in [4.69, 9.17) is 5.73 Å². The minimum absolute atomic E-state index is 0.0909. The number of hydrogen-bond acceptors (Lipinski definition) is 6. The van der Waals surface area contributed by atoms with Crippen molar-refractivity contribution in [2.24, 2.45) is 5.73 Å². The Morgan fingerprint density at radius 2 is 1.47 bits per heavy atom. The summed E-state index contributed by atoms with van der Waals surface area (Å²) in [5, 5.41) is 8.38. The van der Waals surface area contributed by atoms with E-state index in [1.54, 1.807) is 48.8 Å². The summed E-state index contributed by atoms with van der Waals surface area (Å²) in [5.74, 6) is -0.302. The highest BCUT2D eigenvalue weighted by atomic mass is 16.2. The molecule has 9 nitrogen and oxygen atoms in total. The van der Waals surface area contributed by atoms with E-state index in [0.717, 1.165) is 16.7 Å². The predicted octanol–water partition coefficient (Wildman–Crippen LogP) is 4.09. The van der Waals surface area contributed by atoms with Crippen LogP contribution < -0.4 is 21.7 Å². The summed E-state index contributed by atoms with van der Waals surface area (Å²) in [4.78, 5) is 45.8. The quantitative estimate of drug-likeness (QED) is 0.283. The maximum absolute atomic E-state index is 13.0. The Morgan fingerprint density at radius 3 is 2.21 bits per heavy atom. The van der Waals surface area contributed by atoms with Crippen molar-refractivity contribution in [3.63, 3.8) is 0 Å². The molecule has 0 unspecified atom stereocenters. The van der Waals surface area contributed by atoms with Crippen LogP contribution in [0, 0.1) is 13.8 Å². The van der Waals surface area contributed by atoms with Crippen LogP contribution in [-0.2, 0) is 11.2 Å². The molecule has 0 atom stereocenters. The van der Waals surface area contributed by atoms with Crippen LogP contribution in [-0.4, -0.2) is 34.2 Å². The molecular weight excluding hydrogens is 480 g/mol. The van der Waals surface area contributed by atoms with Crippen LogP contribution in [0.2, 0.25) is 0 Å². The predicted molar refractivity (Wildman–Crippen MR) is 147 cm³/mol. The largest absolute Gasteiger partial charge is 0.325 e. The van der Waals surface area contributed by atoms with Gasteiger partial charge in [-0.05, 0) is 61.4 Å². The number of anilines is 3. The van der Waals surface area contributed by atoms with Gasteiger partial charge < -0.3 is 21.7 Å². The molecule has 1 aromatic heterocycles. The average molecular weight is 509 g/mol. The zero-order valence-electron chi connectivity index (χ0n) is 21.1. The molecular formula is C29H28N6O3. The highest BCUT2D eigenvalue weighted by Crippen LogP contribution is 2.19. The molecule has 0 bridgehead atoms. The first-order valence-corrected chi connectivity index (χ1v) is 12.0. The summed E-state index contributed by atoms with van der Waals surface area (Å²) in [7, 11) is 0. The molecule has 0 spiro atoms. The number of nitrogens with zero attached hydrogens (tertiary/aromatic N) is 2. The summed E-state index contributed by atoms with van der Waals surface area (Å²) in [6.07, 6.45) is 3.53. The number of hydrogen-bond donors (Lipinski definition) is 4. The molecule has 0 fully saturated rings. The second-order valence-corrected chi connectivity index (χ2v) is 8.82. The van der Waals surface area contributed by atoms with E-state index in [1.165, 1.54) is 0 Å². The van der Waals surface area contributed by atoms with Crippen molar-refractivity contribution in [2.45, 2.75) is 20.3 Å². The molecule has 3 aromatic carbocycles. The van der Waals surface area contributed by atoms with Gasteiger partial charge in [0.2, 0.25) is 5.91 Å². The minimum Gasteiger partial charge on any atom is -0.325 e. The van der Waals surface area contributed by atoms with Crippen molar-refractivity contribution < 1.29 is 14.4 Å². The van der Waals surface area contributed by atoms with Gasteiger partial charge in [-0.2, -0.15) is 0 Å². The van der Waals surface area contributed by atoms with E-state index in [-0.39, 0.29) is 24.3 Å². The number of aromatic nitrogens is 2. The Morgan fingerprint density at radius 1 is 0.763 bits per heavy atom. The summed E-state index contributed by atoms with van der Waals surface area (Å²) >= 11 is 0. The van der Waals surface area contributed by atoms with E-state index >= 15 is 0 Å². The van der Waals surface area contributed by atoms with Gasteiger partial charge in [-0.3, -0.25) is 14.4 Å². The fourth-order valence-electron chi connectivity index (χ4n) is 3.80. The van der Waals surface area contributed by atoms with E-state index in [2.05, 4.69) is 25.9 Å². The van der Waals surface area contributed by atoms with Crippen LogP contribution in [0.25, 0.3) is 0 Å². The Kier molecular flexibility index (Phi) is 8.20. The zero-order valence-corrected chi connectivity index (χ0v) is 21.1. The standard InChI is InChI=1S/C29H28N6O3/c1-18-5-3-7-21(11-18)28(37)34-23-10-9-19(2)25(14-23)29(38)35-24-16-31-26(32-17-24)13-20-6-4-8-22(12-20)33-27(36)15-30/h3-12,14,16-17H,13,15,30H2,1-2H3,(H,33,36)(H,34,37)(H,35,38). The molecule has 0 aliphatic carbocycles. The molecule has 0 aliphatic heterocycles. The first-order valence-electron chi connectivity index (χ1n) is 12.0. The number of carbonyl (C=O) groups is 3. The van der Waals surface area contributed by atoms with E-state index < -0.39 is 0 Å². The normalized spacial score (nSPS) is 10.5. The molecule has 4 aromatic rings. The molecule has 0 aliphatic rings. The lowest BCUT2D eigenvalue weighted by Crippen LogP contribution is -2.21. The molecule has 9 heteroatoms. The second kappa shape index (κ2) is 11.9. The Labute approximate surface area is 220 Å². The lowest BCUT2D eigenvalue weighted by molar-refractivity contribution is -0.114. The molecule has 192 valence electrons. The number of amides is 3. The highest BCUT2D eigenvalue weighted by molar-refractivity contribution is 6.08. The maximum atomic E-state index is 13.0. The van der Waals surface area contributed by atoms with Crippen molar-refractivity contribution in [3.8, 4) is 0 Å². The number of rotatable bonds is 8. The summed E-state index contributed by atoms with van der Waals surface area (Å²) in [5.41, 5.74) is 10.6. The summed E-state index contributed by atoms with van der Waals surface area (Å²) in [6, 6.07) is 19.8. The first kappa shape index (κ1) is 26.2. The van der Waals surface area contributed by atoms with Gasteiger partial charge in [-0.15, -0.1) is 0 Å². The number of benzene rings is 3. The maximum Gasteiger partial charge on any atom is 0.256 e. The SMILES string of the molecule is Cc1cccc(C(=O)Nc2ccc(C)c(C(=O)Nc3cnc(Cc4cccc(NC(=O)CN)c4)nc3)c2)c1. The molecule has 0 saturated heterocycles. The monoisotopic (exact) mass is 508 g/mol. The average Bonchev–Trinajstić information content (AvgIpc) is 2.91. The molecule has 3 amide bonds. The summed E-state index contributed by atoms with van der Waals surface area (Å²) < 4.78 is 0. The van der Waals surface area contributed by atoms with Crippen LogP contribution in [0.15, 0.2) is 79.1 Å². The topological polar surface area (TPSA) is 139 Å². The molecule has 0 radical (unpaired) electrons. The number of carbonyl (C=O) groups excluding carboxylic acids is 3. The molecule has 5 N–H and O–H groups in total. The van der Waals surface area contributed by atoms with E-state index in [0.29, 0.717) is 40.4 Å². The van der Waals surface area contributed by atoms with Gasteiger partial charge in [0.15, 0.2) is 0 Å². The van der Waals surface area contributed by atoms with Crippen LogP contribution in [0.4, 0.5) is 17.1 Å². The first-order chi connectivity index (χ1) is 18.3. The molecule has 0 saturated carbocycles. The van der Waals surface area contributed by atoms with Crippen LogP contribution in [0.1, 0.15) is 43.2 Å². The second-order valence-electron chi connectivity index (χ2n) is 8.82. The van der Waals surface area contributed by atoms with Gasteiger partial charge in [0.1, 0.15) is 5.82 Å². The van der Waals surface area contributed by atoms with Gasteiger partial charge in [0, 0.05) is 28.9 Å². The van der Waals surface area contributed by atoms with Crippen LogP contribution in [0.3, 0.4) is 0 Å². The van der Waals surface area contributed by atoms with Crippen molar-refractivity contribution in [1.82, 2.24) is 9.97 Å². The number of aryl methyl sites for hydroxylation is 2. The van der Waals surface area contributed by atoms with Gasteiger partial charge >= 0.3 is 0 Å². The van der Waals surface area contributed by atoms with Gasteiger partial charge in [0.05, 0.1) is 24.6 Å². The Hall–Kier alpha value is -4.89. The van der Waals surface area contributed by atoms with Crippen molar-refractivity contribution in [2.75, 3.05) is 22.5 Å². The number of nitrogens with two attached hydrogens (primary N) is 1. The lowest BCUT2D eigenvalue weighted by Gasteiger charge is -2.11. The Bertz CT molecular complexity index is 1480.